The Bertz CT molecular complexity index is 1190. The Morgan fingerprint density at radius 2 is 2.09 bits per heavy atom. The number of hydrogen-bond acceptors (Lipinski definition) is 8. The molecule has 0 aliphatic carbocycles. The molecule has 0 spiro atoms. The van der Waals surface area contributed by atoms with Crippen LogP contribution in [0.1, 0.15) is 48.5 Å². The molecule has 1 aromatic carbocycles. The third kappa shape index (κ3) is 4.60. The summed E-state index contributed by atoms with van der Waals surface area (Å²) in [6, 6.07) is 9.07. The van der Waals surface area contributed by atoms with E-state index < -0.39 is 0 Å². The number of methoxy groups -OCH3 is 1. The summed E-state index contributed by atoms with van der Waals surface area (Å²) in [5.74, 6) is 1.59. The second-order valence-electron chi connectivity index (χ2n) is 7.30. The number of carbonyl (C=O) groups is 1. The van der Waals surface area contributed by atoms with E-state index in [1.807, 2.05) is 38.3 Å². The second-order valence-corrected chi connectivity index (χ2v) is 10.00. The molecule has 1 atom stereocenters. The van der Waals surface area contributed by atoms with Gasteiger partial charge in [-0.3, -0.25) is 9.69 Å². The van der Waals surface area contributed by atoms with Crippen LogP contribution in [0.15, 0.2) is 50.9 Å². The zero-order valence-electron chi connectivity index (χ0n) is 17.9. The normalized spacial score (nSPS) is 16.2. The molecule has 10 heteroatoms. The number of aromatic nitrogens is 2. The molecule has 1 amide bonds. The number of anilines is 1. The van der Waals surface area contributed by atoms with Gasteiger partial charge in [-0.25, -0.2) is 4.99 Å². The molecule has 2 aromatic heterocycles. The number of nitrogens with zero attached hydrogens (tertiary/aromatic N) is 4. The first kappa shape index (κ1) is 22.6. The molecule has 1 aliphatic heterocycles. The van der Waals surface area contributed by atoms with Crippen LogP contribution in [0.5, 0.6) is 5.75 Å². The van der Waals surface area contributed by atoms with Crippen LogP contribution < -0.4 is 9.64 Å². The molecule has 0 bridgehead atoms. The number of carbonyl (C=O) groups excluding carboxylic acids is 1. The maximum atomic E-state index is 13.3. The lowest BCUT2D eigenvalue weighted by molar-refractivity contribution is -0.113. The fourth-order valence-electron chi connectivity index (χ4n) is 2.96. The van der Waals surface area contributed by atoms with Crippen molar-refractivity contribution >= 4 is 57.5 Å². The highest BCUT2D eigenvalue weighted by atomic mass is 35.5. The molecule has 0 saturated heterocycles. The van der Waals surface area contributed by atoms with Crippen LogP contribution in [0.2, 0.25) is 5.02 Å². The third-order valence-corrected chi connectivity index (χ3v) is 6.80. The summed E-state index contributed by atoms with van der Waals surface area (Å²) in [5.41, 5.74) is 0.949. The van der Waals surface area contributed by atoms with Crippen molar-refractivity contribution < 1.29 is 14.1 Å². The summed E-state index contributed by atoms with van der Waals surface area (Å²) in [4.78, 5) is 24.9. The van der Waals surface area contributed by atoms with Gasteiger partial charge in [0.15, 0.2) is 11.0 Å². The first-order chi connectivity index (χ1) is 15.4. The van der Waals surface area contributed by atoms with E-state index in [-0.39, 0.29) is 17.1 Å². The molecule has 3 heterocycles. The minimum absolute atomic E-state index is 0.161. The van der Waals surface area contributed by atoms with Gasteiger partial charge in [0.25, 0.3) is 5.91 Å². The van der Waals surface area contributed by atoms with Gasteiger partial charge in [-0.2, -0.15) is 4.98 Å². The van der Waals surface area contributed by atoms with E-state index in [2.05, 4.69) is 15.1 Å². The lowest BCUT2D eigenvalue weighted by Crippen LogP contribution is -2.30. The van der Waals surface area contributed by atoms with E-state index in [1.54, 1.807) is 36.3 Å². The Morgan fingerprint density at radius 1 is 1.28 bits per heavy atom. The molecule has 3 aromatic rings. The standard InChI is InChI=1S/C22H21ClN4O3S2/c1-12(2)19-25-20(30-26-19)13(3)32-22-24-17(11-15-6-5-9-31-15)21(28)27(22)14-7-8-18(29-4)16(23)10-14/h5-13H,1-4H3/b17-11+. The number of amides is 1. The number of halogens is 1. The van der Waals surface area contributed by atoms with E-state index in [9.17, 15) is 4.79 Å². The van der Waals surface area contributed by atoms with Crippen LogP contribution in [-0.4, -0.2) is 28.3 Å². The first-order valence-electron chi connectivity index (χ1n) is 9.89. The van der Waals surface area contributed by atoms with E-state index >= 15 is 0 Å². The van der Waals surface area contributed by atoms with Crippen molar-refractivity contribution in [3.63, 3.8) is 0 Å². The number of amidine groups is 1. The average Bonchev–Trinajstić information content (AvgIpc) is 3.50. The van der Waals surface area contributed by atoms with Gasteiger partial charge in [-0.15, -0.1) is 11.3 Å². The zero-order valence-corrected chi connectivity index (χ0v) is 20.3. The van der Waals surface area contributed by atoms with Crippen molar-refractivity contribution in [3.8, 4) is 5.75 Å². The Hall–Kier alpha value is -2.62. The van der Waals surface area contributed by atoms with Crippen molar-refractivity contribution in [3.05, 3.63) is 63.0 Å². The van der Waals surface area contributed by atoms with Gasteiger partial charge in [-0.1, -0.05) is 48.4 Å². The predicted octanol–water partition coefficient (Wildman–Crippen LogP) is 6.15. The molecule has 0 fully saturated rings. The highest BCUT2D eigenvalue weighted by molar-refractivity contribution is 8.14. The topological polar surface area (TPSA) is 80.8 Å². The van der Waals surface area contributed by atoms with E-state index in [0.717, 1.165) is 4.88 Å². The summed E-state index contributed by atoms with van der Waals surface area (Å²) >= 11 is 9.24. The maximum absolute atomic E-state index is 13.3. The predicted molar refractivity (Wildman–Crippen MR) is 130 cm³/mol. The SMILES string of the molecule is COc1ccc(N2C(=O)/C(=C\c3cccs3)N=C2SC(C)c2nc(C(C)C)no2)cc1Cl. The van der Waals surface area contributed by atoms with Gasteiger partial charge in [0.2, 0.25) is 5.89 Å². The van der Waals surface area contributed by atoms with Crippen molar-refractivity contribution in [2.24, 2.45) is 4.99 Å². The lowest BCUT2D eigenvalue weighted by atomic mass is 10.2. The number of thioether (sulfide) groups is 1. The summed E-state index contributed by atoms with van der Waals surface area (Å²) in [6.07, 6.45) is 1.78. The fraction of sp³-hybridized carbons (Fsp3) is 0.273. The maximum Gasteiger partial charge on any atom is 0.283 e. The molecule has 4 rings (SSSR count). The molecule has 1 aliphatic rings. The molecule has 32 heavy (non-hydrogen) atoms. The second kappa shape index (κ2) is 9.48. The monoisotopic (exact) mass is 488 g/mol. The van der Waals surface area contributed by atoms with Gasteiger partial charge in [-0.05, 0) is 42.6 Å². The highest BCUT2D eigenvalue weighted by Gasteiger charge is 2.34. The van der Waals surface area contributed by atoms with Crippen LogP contribution >= 0.6 is 34.7 Å². The number of rotatable bonds is 6. The largest absolute Gasteiger partial charge is 0.495 e. The van der Waals surface area contributed by atoms with Crippen molar-refractivity contribution in [1.29, 1.82) is 0 Å². The quantitative estimate of drug-likeness (QED) is 0.387. The van der Waals surface area contributed by atoms with Crippen molar-refractivity contribution in [2.75, 3.05) is 12.0 Å². The first-order valence-corrected chi connectivity index (χ1v) is 12.0. The summed E-state index contributed by atoms with van der Waals surface area (Å²) in [5, 5.41) is 6.70. The van der Waals surface area contributed by atoms with E-state index in [0.29, 0.717) is 39.0 Å². The Labute approximate surface area is 199 Å². The van der Waals surface area contributed by atoms with E-state index in [4.69, 9.17) is 20.9 Å². The third-order valence-electron chi connectivity index (χ3n) is 4.65. The smallest absolute Gasteiger partial charge is 0.283 e. The average molecular weight is 489 g/mol. The fourth-order valence-corrected chi connectivity index (χ4v) is 4.82. The van der Waals surface area contributed by atoms with Gasteiger partial charge < -0.3 is 9.26 Å². The molecule has 1 unspecified atom stereocenters. The number of benzene rings is 1. The summed E-state index contributed by atoms with van der Waals surface area (Å²) < 4.78 is 10.7. The van der Waals surface area contributed by atoms with Crippen LogP contribution in [0.3, 0.4) is 0 Å². The van der Waals surface area contributed by atoms with Crippen LogP contribution in [0.4, 0.5) is 5.69 Å². The van der Waals surface area contributed by atoms with E-state index in [1.165, 1.54) is 23.1 Å². The Morgan fingerprint density at radius 3 is 2.72 bits per heavy atom. The molecular formula is C22H21ClN4O3S2. The summed E-state index contributed by atoms with van der Waals surface area (Å²) in [6.45, 7) is 5.95. The van der Waals surface area contributed by atoms with Crippen LogP contribution in [-0.2, 0) is 4.79 Å². The van der Waals surface area contributed by atoms with Crippen molar-refractivity contribution in [2.45, 2.75) is 31.9 Å². The minimum atomic E-state index is -0.234. The molecule has 0 saturated carbocycles. The van der Waals surface area contributed by atoms with Gasteiger partial charge in [0.05, 0.1) is 23.1 Å². The lowest BCUT2D eigenvalue weighted by Gasteiger charge is -2.19. The molecule has 0 N–H and O–H groups in total. The minimum Gasteiger partial charge on any atom is -0.495 e. The number of thiophene rings is 1. The van der Waals surface area contributed by atoms with Gasteiger partial charge in [0.1, 0.15) is 11.4 Å². The molecule has 7 nitrogen and oxygen atoms in total. The Kier molecular flexibility index (Phi) is 6.68. The molecular weight excluding hydrogens is 468 g/mol. The molecule has 166 valence electrons. The van der Waals surface area contributed by atoms with Gasteiger partial charge >= 0.3 is 0 Å². The van der Waals surface area contributed by atoms with Gasteiger partial charge in [0, 0.05) is 10.8 Å². The number of hydrogen-bond donors (Lipinski definition) is 0. The van der Waals surface area contributed by atoms with Crippen molar-refractivity contribution in [1.82, 2.24) is 10.1 Å². The number of ether oxygens (including phenoxy) is 1. The van der Waals surface area contributed by atoms with Crippen LogP contribution in [0.25, 0.3) is 6.08 Å². The Balaban J connectivity index is 1.69. The zero-order chi connectivity index (χ0) is 22.8. The number of aliphatic imine (C=N–C) groups is 1. The van der Waals surface area contributed by atoms with Crippen LogP contribution in [0, 0.1) is 0 Å². The summed E-state index contributed by atoms with van der Waals surface area (Å²) in [7, 11) is 1.55. The highest BCUT2D eigenvalue weighted by Crippen LogP contribution is 2.38. The molecule has 0 radical (unpaired) electrons.